The molecule has 0 saturated heterocycles. The first-order valence-electron chi connectivity index (χ1n) is 1.63. The Morgan fingerprint density at radius 2 is 1.62 bits per heavy atom. The van der Waals surface area contributed by atoms with E-state index in [2.05, 4.69) is 0 Å². The minimum absolute atomic E-state index is 0. The molecule has 0 heterocycles. The predicted molar refractivity (Wildman–Crippen MR) is 24.7 cm³/mol. The van der Waals surface area contributed by atoms with Gasteiger partial charge in [0.15, 0.2) is 0 Å². The maximum atomic E-state index is 9.00. The van der Waals surface area contributed by atoms with Gasteiger partial charge in [-0.25, -0.2) is 0 Å². The van der Waals surface area contributed by atoms with Crippen LogP contribution in [0.1, 0.15) is 13.8 Å². The molecule has 0 bridgehead atoms. The first-order valence-corrected chi connectivity index (χ1v) is 1.63. The summed E-state index contributed by atoms with van der Waals surface area (Å²) in [7, 11) is 0. The predicted octanol–water partition coefficient (Wildman–Crippen LogP) is 0.204. The van der Waals surface area contributed by atoms with E-state index in [1.54, 1.807) is 0 Å². The molecule has 4 heteroatoms. The zero-order chi connectivity index (χ0) is 6.28. The molecule has 0 aromatic carbocycles. The van der Waals surface area contributed by atoms with Crippen LogP contribution in [0.5, 0.6) is 0 Å². The van der Waals surface area contributed by atoms with Crippen molar-refractivity contribution in [3.05, 3.63) is 0 Å². The fourth-order valence-corrected chi connectivity index (χ4v) is 0. The van der Waals surface area contributed by atoms with E-state index in [4.69, 9.17) is 14.7 Å². The van der Waals surface area contributed by atoms with Gasteiger partial charge in [0.2, 0.25) is 0 Å². The third kappa shape index (κ3) is 1060. The van der Waals surface area contributed by atoms with Crippen LogP contribution >= 0.6 is 0 Å². The smallest absolute Gasteiger partial charge is 0.300 e. The molecule has 3 nitrogen and oxygen atoms in total. The second-order valence-electron chi connectivity index (χ2n) is 0.723. The number of carbonyl (C=O) groups is 1. The number of hydrogen-bond acceptors (Lipinski definition) is 2. The van der Waals surface area contributed by atoms with Crippen molar-refractivity contribution in [2.45, 2.75) is 13.8 Å². The fraction of sp³-hybridized carbons (Fsp3) is 0.500. The summed E-state index contributed by atoms with van der Waals surface area (Å²) in [5.74, 6) is -0.833. The monoisotopic (exact) mass is 159 g/mol. The number of carboxylic acids is 1. The van der Waals surface area contributed by atoms with Crippen LogP contribution in [0.25, 0.3) is 0 Å². The van der Waals surface area contributed by atoms with E-state index in [-0.39, 0.29) is 17.1 Å². The van der Waals surface area contributed by atoms with E-state index >= 15 is 0 Å². The molecule has 0 aromatic heterocycles. The molecule has 0 spiro atoms. The summed E-state index contributed by atoms with van der Waals surface area (Å²) >= 11 is 0. The minimum atomic E-state index is -0.833. The second kappa shape index (κ2) is 15.9. The number of carboxylic acid groups (broad SMARTS) is 1. The van der Waals surface area contributed by atoms with E-state index < -0.39 is 5.97 Å². The van der Waals surface area contributed by atoms with Crippen LogP contribution in [0.3, 0.4) is 0 Å². The summed E-state index contributed by atoms with van der Waals surface area (Å²) < 4.78 is 0. The SMILES string of the molecule is CC(=O)O.C[C-]=O.[Fe]. The van der Waals surface area contributed by atoms with E-state index in [0.717, 1.165) is 6.92 Å². The van der Waals surface area contributed by atoms with Gasteiger partial charge >= 0.3 is 0 Å². The maximum absolute atomic E-state index is 9.00. The van der Waals surface area contributed by atoms with Crippen LogP contribution in [0.2, 0.25) is 0 Å². The summed E-state index contributed by atoms with van der Waals surface area (Å²) in [5, 5.41) is 7.42. The van der Waals surface area contributed by atoms with Gasteiger partial charge in [0.25, 0.3) is 5.97 Å². The van der Waals surface area contributed by atoms with Crippen molar-refractivity contribution < 1.29 is 31.8 Å². The molecular formula is C4H7FeO3-. The Labute approximate surface area is 58.6 Å². The Morgan fingerprint density at radius 3 is 1.62 bits per heavy atom. The number of aliphatic carboxylic acids is 1. The van der Waals surface area contributed by atoms with Crippen LogP contribution in [-0.2, 0) is 26.7 Å². The summed E-state index contributed by atoms with van der Waals surface area (Å²) in [4.78, 5) is 17.7. The van der Waals surface area contributed by atoms with Crippen molar-refractivity contribution in [1.29, 1.82) is 0 Å². The van der Waals surface area contributed by atoms with E-state index in [0.29, 0.717) is 0 Å². The van der Waals surface area contributed by atoms with E-state index in [1.165, 1.54) is 13.2 Å². The van der Waals surface area contributed by atoms with Crippen LogP contribution in [0.15, 0.2) is 0 Å². The molecule has 0 aliphatic carbocycles. The molecule has 0 fully saturated rings. The molecule has 0 aromatic rings. The Morgan fingerprint density at radius 1 is 1.62 bits per heavy atom. The van der Waals surface area contributed by atoms with E-state index in [9.17, 15) is 0 Å². The topological polar surface area (TPSA) is 54.4 Å². The summed E-state index contributed by atoms with van der Waals surface area (Å²) in [6.07, 6.45) is 1.50. The van der Waals surface area contributed by atoms with Crippen molar-refractivity contribution in [3.8, 4) is 0 Å². The zero-order valence-electron chi connectivity index (χ0n) is 4.62. The first kappa shape index (κ1) is 15.6. The maximum Gasteiger partial charge on any atom is 0.300 e. The number of carbonyl (C=O) groups excluding carboxylic acids is 1. The third-order valence-corrected chi connectivity index (χ3v) is 0. The molecular weight excluding hydrogens is 152 g/mol. The second-order valence-corrected chi connectivity index (χ2v) is 0.723. The molecule has 0 rings (SSSR count). The zero-order valence-corrected chi connectivity index (χ0v) is 5.72. The van der Waals surface area contributed by atoms with Crippen molar-refractivity contribution in [3.63, 3.8) is 0 Å². The van der Waals surface area contributed by atoms with Gasteiger partial charge in [-0.3, -0.25) is 11.1 Å². The standard InChI is InChI=1S/C2H4O2.C2H3O.Fe/c1-2(3)4;1-2-3;/h1H3,(H,3,4);1H3;/q;-1;. The van der Waals surface area contributed by atoms with Gasteiger partial charge < -0.3 is 9.90 Å². The number of hydrogen-bond donors (Lipinski definition) is 1. The average molecular weight is 159 g/mol. The molecule has 1 N–H and O–H groups in total. The van der Waals surface area contributed by atoms with Crippen molar-refractivity contribution in [2.75, 3.05) is 0 Å². The van der Waals surface area contributed by atoms with Crippen LogP contribution in [0, 0.1) is 0 Å². The van der Waals surface area contributed by atoms with Crippen LogP contribution < -0.4 is 0 Å². The summed E-state index contributed by atoms with van der Waals surface area (Å²) in [6, 6.07) is 0. The average Bonchev–Trinajstić information content (AvgIpc) is 1.33. The molecule has 50 valence electrons. The van der Waals surface area contributed by atoms with Gasteiger partial charge in [-0.05, 0) is 0 Å². The van der Waals surface area contributed by atoms with Crippen LogP contribution in [-0.4, -0.2) is 17.4 Å². The van der Waals surface area contributed by atoms with Gasteiger partial charge in [0, 0.05) is 24.0 Å². The Balaban J connectivity index is -0.0000000575. The Bertz CT molecular complexity index is 58.3. The molecule has 0 saturated carbocycles. The van der Waals surface area contributed by atoms with E-state index in [1.807, 2.05) is 0 Å². The Hall–Kier alpha value is -0.341. The summed E-state index contributed by atoms with van der Waals surface area (Å²) in [6.45, 7) is 2.40. The fourth-order valence-electron chi connectivity index (χ4n) is 0. The molecule has 0 aliphatic rings. The normalized spacial score (nSPS) is 4.75. The first-order chi connectivity index (χ1) is 3.15. The third-order valence-electron chi connectivity index (χ3n) is 0. The Kier molecular flexibility index (Phi) is 31.2. The van der Waals surface area contributed by atoms with Crippen molar-refractivity contribution >= 4 is 12.3 Å². The van der Waals surface area contributed by atoms with Crippen molar-refractivity contribution in [1.82, 2.24) is 0 Å². The quantitative estimate of drug-likeness (QED) is 0.405. The summed E-state index contributed by atoms with van der Waals surface area (Å²) in [5.41, 5.74) is 0. The van der Waals surface area contributed by atoms with Gasteiger partial charge in [-0.15, -0.1) is 0 Å². The molecule has 0 radical (unpaired) electrons. The molecule has 8 heavy (non-hydrogen) atoms. The minimum Gasteiger partial charge on any atom is -0.542 e. The molecule has 0 aliphatic heterocycles. The largest absolute Gasteiger partial charge is 0.542 e. The van der Waals surface area contributed by atoms with Gasteiger partial charge in [-0.2, -0.15) is 6.92 Å². The van der Waals surface area contributed by atoms with Gasteiger partial charge in [0.1, 0.15) is 0 Å². The molecule has 0 amide bonds. The van der Waals surface area contributed by atoms with Gasteiger partial charge in [0.05, 0.1) is 0 Å². The van der Waals surface area contributed by atoms with Crippen LogP contribution in [0.4, 0.5) is 0 Å². The molecule has 0 unspecified atom stereocenters. The van der Waals surface area contributed by atoms with Gasteiger partial charge in [-0.1, -0.05) is 0 Å². The number of rotatable bonds is 0. The molecule has 0 atom stereocenters. The van der Waals surface area contributed by atoms with Crippen molar-refractivity contribution in [2.24, 2.45) is 0 Å².